The summed E-state index contributed by atoms with van der Waals surface area (Å²) in [7, 11) is 0. The zero-order valence-electron chi connectivity index (χ0n) is 11.7. The van der Waals surface area contributed by atoms with Crippen molar-refractivity contribution < 1.29 is 4.79 Å². The Labute approximate surface area is 123 Å². The van der Waals surface area contributed by atoms with Crippen LogP contribution in [-0.2, 0) is 11.3 Å². The summed E-state index contributed by atoms with van der Waals surface area (Å²) in [6.45, 7) is 2.33. The molecule has 0 aliphatic heterocycles. The Kier molecular flexibility index (Phi) is 4.84. The maximum atomic E-state index is 12.0. The zero-order valence-corrected chi connectivity index (χ0v) is 11.7. The van der Waals surface area contributed by atoms with Gasteiger partial charge in [-0.05, 0) is 30.2 Å². The normalized spacial score (nSPS) is 10.8. The van der Waals surface area contributed by atoms with Crippen LogP contribution in [0.4, 0.5) is 0 Å². The van der Waals surface area contributed by atoms with Gasteiger partial charge in [-0.2, -0.15) is 5.26 Å². The van der Waals surface area contributed by atoms with Crippen LogP contribution in [0.2, 0.25) is 0 Å². The number of aryl methyl sites for hydroxylation is 1. The van der Waals surface area contributed by atoms with Gasteiger partial charge in [0.05, 0.1) is 0 Å². The minimum Gasteiger partial charge on any atom is -0.347 e. The monoisotopic (exact) mass is 277 g/mol. The van der Waals surface area contributed by atoms with Crippen molar-refractivity contribution in [3.8, 4) is 6.07 Å². The molecule has 4 nitrogen and oxygen atoms in total. The van der Waals surface area contributed by atoms with Crippen molar-refractivity contribution in [3.05, 3.63) is 71.1 Å². The number of aromatic nitrogens is 1. The van der Waals surface area contributed by atoms with E-state index in [9.17, 15) is 4.79 Å². The topological polar surface area (TPSA) is 65.8 Å². The lowest BCUT2D eigenvalue weighted by Gasteiger charge is -2.04. The Hall–Kier alpha value is -2.93. The highest BCUT2D eigenvalue weighted by molar-refractivity contribution is 6.01. The number of benzene rings is 1. The van der Waals surface area contributed by atoms with Crippen molar-refractivity contribution in [1.82, 2.24) is 10.3 Å². The third kappa shape index (κ3) is 4.29. The number of pyridine rings is 1. The maximum Gasteiger partial charge on any atom is 0.262 e. The van der Waals surface area contributed by atoms with Gasteiger partial charge in [0.2, 0.25) is 0 Å². The molecule has 0 fully saturated rings. The van der Waals surface area contributed by atoms with Gasteiger partial charge in [-0.3, -0.25) is 9.78 Å². The Balaban J connectivity index is 2.05. The third-order valence-electron chi connectivity index (χ3n) is 2.93. The molecule has 0 radical (unpaired) electrons. The molecule has 0 spiro atoms. The standard InChI is InChI=1S/C17H15N3O/c1-13-4-6-14(7-5-13)9-16(10-18)17(21)20-12-15-3-2-8-19-11-15/h2-9,11H,12H2,1H3,(H,20,21). The van der Waals surface area contributed by atoms with Crippen molar-refractivity contribution in [3.63, 3.8) is 0 Å². The summed E-state index contributed by atoms with van der Waals surface area (Å²) in [6.07, 6.45) is 4.93. The first kappa shape index (κ1) is 14.5. The van der Waals surface area contributed by atoms with E-state index in [1.165, 1.54) is 0 Å². The van der Waals surface area contributed by atoms with Crippen molar-refractivity contribution in [2.45, 2.75) is 13.5 Å². The van der Waals surface area contributed by atoms with E-state index in [2.05, 4.69) is 10.3 Å². The number of nitrogens with zero attached hydrogens (tertiary/aromatic N) is 2. The molecule has 4 heteroatoms. The van der Waals surface area contributed by atoms with Gasteiger partial charge in [0, 0.05) is 18.9 Å². The molecule has 104 valence electrons. The smallest absolute Gasteiger partial charge is 0.262 e. The molecular weight excluding hydrogens is 262 g/mol. The first-order chi connectivity index (χ1) is 10.2. The quantitative estimate of drug-likeness (QED) is 0.690. The molecule has 21 heavy (non-hydrogen) atoms. The summed E-state index contributed by atoms with van der Waals surface area (Å²) in [5, 5.41) is 11.8. The molecule has 0 saturated carbocycles. The van der Waals surface area contributed by atoms with Gasteiger partial charge in [-0.15, -0.1) is 0 Å². The van der Waals surface area contributed by atoms with Gasteiger partial charge < -0.3 is 5.32 Å². The molecule has 1 aromatic heterocycles. The summed E-state index contributed by atoms with van der Waals surface area (Å²) in [5.74, 6) is -0.387. The predicted molar refractivity (Wildman–Crippen MR) is 80.9 cm³/mol. The van der Waals surface area contributed by atoms with Crippen LogP contribution in [0.25, 0.3) is 6.08 Å². The molecule has 0 saturated heterocycles. The minimum absolute atomic E-state index is 0.0859. The molecule has 1 N–H and O–H groups in total. The number of nitriles is 1. The highest BCUT2D eigenvalue weighted by Gasteiger charge is 2.08. The van der Waals surface area contributed by atoms with Crippen molar-refractivity contribution in [2.75, 3.05) is 0 Å². The minimum atomic E-state index is -0.387. The number of hydrogen-bond donors (Lipinski definition) is 1. The van der Waals surface area contributed by atoms with Gasteiger partial charge >= 0.3 is 0 Å². The van der Waals surface area contributed by atoms with Gasteiger partial charge in [0.15, 0.2) is 0 Å². The molecule has 0 aliphatic carbocycles. The lowest BCUT2D eigenvalue weighted by molar-refractivity contribution is -0.117. The second-order valence-corrected chi connectivity index (χ2v) is 4.62. The first-order valence-electron chi connectivity index (χ1n) is 6.54. The Morgan fingerprint density at radius 3 is 2.71 bits per heavy atom. The van der Waals surface area contributed by atoms with Crippen LogP contribution in [-0.4, -0.2) is 10.9 Å². The van der Waals surface area contributed by atoms with E-state index in [1.54, 1.807) is 24.5 Å². The lowest BCUT2D eigenvalue weighted by Crippen LogP contribution is -2.23. The largest absolute Gasteiger partial charge is 0.347 e. The lowest BCUT2D eigenvalue weighted by atomic mass is 10.1. The molecule has 2 rings (SSSR count). The molecule has 0 unspecified atom stereocenters. The molecule has 1 amide bonds. The Morgan fingerprint density at radius 2 is 2.10 bits per heavy atom. The van der Waals surface area contributed by atoms with Gasteiger partial charge in [-0.25, -0.2) is 0 Å². The molecular formula is C17H15N3O. The van der Waals surface area contributed by atoms with Crippen LogP contribution >= 0.6 is 0 Å². The van der Waals surface area contributed by atoms with E-state index in [0.29, 0.717) is 6.54 Å². The second kappa shape index (κ2) is 7.01. The van der Waals surface area contributed by atoms with Crippen LogP contribution in [0, 0.1) is 18.3 Å². The number of rotatable bonds is 4. The highest BCUT2D eigenvalue weighted by atomic mass is 16.1. The van der Waals surface area contributed by atoms with E-state index in [-0.39, 0.29) is 11.5 Å². The Bertz CT molecular complexity index is 682. The fourth-order valence-electron chi connectivity index (χ4n) is 1.76. The van der Waals surface area contributed by atoms with E-state index >= 15 is 0 Å². The van der Waals surface area contributed by atoms with E-state index in [0.717, 1.165) is 16.7 Å². The number of carbonyl (C=O) groups is 1. The number of carbonyl (C=O) groups excluding carboxylic acids is 1. The molecule has 1 heterocycles. The van der Waals surface area contributed by atoms with Crippen LogP contribution in [0.3, 0.4) is 0 Å². The van der Waals surface area contributed by atoms with E-state index < -0.39 is 0 Å². The van der Waals surface area contributed by atoms with Crippen LogP contribution in [0.1, 0.15) is 16.7 Å². The van der Waals surface area contributed by atoms with E-state index in [1.807, 2.05) is 43.3 Å². The van der Waals surface area contributed by atoms with Gasteiger partial charge in [0.25, 0.3) is 5.91 Å². The average molecular weight is 277 g/mol. The fraction of sp³-hybridized carbons (Fsp3) is 0.118. The van der Waals surface area contributed by atoms with Crippen molar-refractivity contribution in [2.24, 2.45) is 0 Å². The van der Waals surface area contributed by atoms with Crippen LogP contribution in [0.15, 0.2) is 54.4 Å². The SMILES string of the molecule is Cc1ccc(C=C(C#N)C(=O)NCc2cccnc2)cc1. The highest BCUT2D eigenvalue weighted by Crippen LogP contribution is 2.08. The fourth-order valence-corrected chi connectivity index (χ4v) is 1.76. The molecule has 0 atom stereocenters. The van der Waals surface area contributed by atoms with Crippen molar-refractivity contribution >= 4 is 12.0 Å². The maximum absolute atomic E-state index is 12.0. The molecule has 1 aromatic carbocycles. The first-order valence-corrected chi connectivity index (χ1v) is 6.54. The summed E-state index contributed by atoms with van der Waals surface area (Å²) < 4.78 is 0. The molecule has 2 aromatic rings. The average Bonchev–Trinajstić information content (AvgIpc) is 2.53. The summed E-state index contributed by atoms with van der Waals surface area (Å²) in [4.78, 5) is 16.0. The molecule has 0 aliphatic rings. The van der Waals surface area contributed by atoms with Crippen LogP contribution < -0.4 is 5.32 Å². The third-order valence-corrected chi connectivity index (χ3v) is 2.93. The summed E-state index contributed by atoms with van der Waals surface area (Å²) >= 11 is 0. The summed E-state index contributed by atoms with van der Waals surface area (Å²) in [6, 6.07) is 13.2. The number of amides is 1. The second-order valence-electron chi connectivity index (χ2n) is 4.62. The zero-order chi connectivity index (χ0) is 15.1. The van der Waals surface area contributed by atoms with Gasteiger partial charge in [-0.1, -0.05) is 35.9 Å². The van der Waals surface area contributed by atoms with Gasteiger partial charge in [0.1, 0.15) is 11.6 Å². The van der Waals surface area contributed by atoms with Crippen molar-refractivity contribution in [1.29, 1.82) is 5.26 Å². The molecule has 0 bridgehead atoms. The Morgan fingerprint density at radius 1 is 1.33 bits per heavy atom. The number of hydrogen-bond acceptors (Lipinski definition) is 3. The number of nitrogens with one attached hydrogen (secondary N) is 1. The predicted octanol–water partition coefficient (Wildman–Crippen LogP) is 2.61. The van der Waals surface area contributed by atoms with Crippen LogP contribution in [0.5, 0.6) is 0 Å². The summed E-state index contributed by atoms with van der Waals surface area (Å²) in [5.41, 5.74) is 2.93. The van der Waals surface area contributed by atoms with E-state index in [4.69, 9.17) is 5.26 Å².